The summed E-state index contributed by atoms with van der Waals surface area (Å²) in [4.78, 5) is 0.159. The minimum absolute atomic E-state index is 0.0260. The van der Waals surface area contributed by atoms with Gasteiger partial charge in [0.15, 0.2) is 0 Å². The molecule has 8 heteroatoms. The van der Waals surface area contributed by atoms with E-state index in [-0.39, 0.29) is 23.7 Å². The lowest BCUT2D eigenvalue weighted by Crippen LogP contribution is -2.28. The summed E-state index contributed by atoms with van der Waals surface area (Å²) in [5.74, 6) is -0.0260. The van der Waals surface area contributed by atoms with Crippen molar-refractivity contribution in [3.05, 3.63) is 28.7 Å². The summed E-state index contributed by atoms with van der Waals surface area (Å²) >= 11 is 3.19. The number of hydrogen-bond acceptors (Lipinski definition) is 4. The minimum Gasteiger partial charge on any atom is -0.409 e. The lowest BCUT2D eigenvalue weighted by atomic mass is 10.4. The molecular weight excluding hydrogens is 310 g/mol. The summed E-state index contributed by atoms with van der Waals surface area (Å²) < 4.78 is 26.6. The fourth-order valence-electron chi connectivity index (χ4n) is 1.08. The average Bonchev–Trinajstić information content (AvgIpc) is 2.28. The Hall–Kier alpha value is -1.12. The first kappa shape index (κ1) is 13.9. The summed E-state index contributed by atoms with van der Waals surface area (Å²) in [7, 11) is -3.56. The molecule has 94 valence electrons. The van der Waals surface area contributed by atoms with Gasteiger partial charge in [0, 0.05) is 17.4 Å². The molecule has 0 fully saturated rings. The van der Waals surface area contributed by atoms with E-state index in [0.29, 0.717) is 4.47 Å². The van der Waals surface area contributed by atoms with Gasteiger partial charge in [-0.1, -0.05) is 27.2 Å². The zero-order valence-corrected chi connectivity index (χ0v) is 11.2. The van der Waals surface area contributed by atoms with Gasteiger partial charge in [0.25, 0.3) is 0 Å². The fourth-order valence-corrected chi connectivity index (χ4v) is 2.71. The van der Waals surface area contributed by atoms with Crippen LogP contribution in [0.5, 0.6) is 0 Å². The molecule has 0 saturated carbocycles. The van der Waals surface area contributed by atoms with Crippen molar-refractivity contribution < 1.29 is 13.6 Å². The van der Waals surface area contributed by atoms with Gasteiger partial charge in [0.05, 0.1) is 4.90 Å². The zero-order valence-electron chi connectivity index (χ0n) is 8.80. The SMILES string of the molecule is NC(CCNS(=O)(=O)c1cccc(Br)c1)=NO. The molecule has 0 aliphatic rings. The van der Waals surface area contributed by atoms with Gasteiger partial charge in [0.2, 0.25) is 10.0 Å². The van der Waals surface area contributed by atoms with E-state index in [0.717, 1.165) is 0 Å². The Bertz CT molecular complexity index is 516. The number of oxime groups is 1. The molecule has 0 aliphatic carbocycles. The molecule has 0 amide bonds. The number of halogens is 1. The van der Waals surface area contributed by atoms with Gasteiger partial charge in [0.1, 0.15) is 5.84 Å². The standard InChI is InChI=1S/C9H12BrN3O3S/c10-7-2-1-3-8(6-7)17(15,16)12-5-4-9(11)13-14/h1-3,6,12,14H,4-5H2,(H2,11,13). The highest BCUT2D eigenvalue weighted by Crippen LogP contribution is 2.15. The monoisotopic (exact) mass is 321 g/mol. The van der Waals surface area contributed by atoms with Gasteiger partial charge in [-0.15, -0.1) is 0 Å². The zero-order chi connectivity index (χ0) is 12.9. The Morgan fingerprint density at radius 2 is 2.24 bits per heavy atom. The summed E-state index contributed by atoms with van der Waals surface area (Å²) in [5.41, 5.74) is 5.22. The van der Waals surface area contributed by atoms with E-state index in [4.69, 9.17) is 10.9 Å². The summed E-state index contributed by atoms with van der Waals surface area (Å²) in [5, 5.41) is 11.0. The van der Waals surface area contributed by atoms with Crippen LogP contribution in [0.2, 0.25) is 0 Å². The Morgan fingerprint density at radius 1 is 1.53 bits per heavy atom. The van der Waals surface area contributed by atoms with Crippen molar-refractivity contribution in [3.8, 4) is 0 Å². The molecule has 0 radical (unpaired) electrons. The van der Waals surface area contributed by atoms with Gasteiger partial charge in [-0.25, -0.2) is 13.1 Å². The topological polar surface area (TPSA) is 105 Å². The van der Waals surface area contributed by atoms with Crippen molar-refractivity contribution in [1.29, 1.82) is 0 Å². The second kappa shape index (κ2) is 5.99. The van der Waals surface area contributed by atoms with Crippen molar-refractivity contribution in [1.82, 2.24) is 4.72 Å². The Labute approximate surface area is 108 Å². The molecule has 0 spiro atoms. The number of amidine groups is 1. The molecule has 0 atom stereocenters. The first-order valence-corrected chi connectivity index (χ1v) is 6.95. The van der Waals surface area contributed by atoms with E-state index in [2.05, 4.69) is 25.8 Å². The third-order valence-corrected chi connectivity index (χ3v) is 3.86. The number of sulfonamides is 1. The van der Waals surface area contributed by atoms with E-state index in [9.17, 15) is 8.42 Å². The van der Waals surface area contributed by atoms with E-state index < -0.39 is 10.0 Å². The second-order valence-corrected chi connectivity index (χ2v) is 5.88. The molecule has 17 heavy (non-hydrogen) atoms. The summed E-state index contributed by atoms with van der Waals surface area (Å²) in [6.07, 6.45) is 0.143. The largest absolute Gasteiger partial charge is 0.409 e. The van der Waals surface area contributed by atoms with E-state index >= 15 is 0 Å². The van der Waals surface area contributed by atoms with Crippen molar-refractivity contribution in [3.63, 3.8) is 0 Å². The molecule has 0 bridgehead atoms. The van der Waals surface area contributed by atoms with Crippen LogP contribution in [0.3, 0.4) is 0 Å². The first-order valence-electron chi connectivity index (χ1n) is 4.67. The number of benzene rings is 1. The molecule has 0 aromatic heterocycles. The van der Waals surface area contributed by atoms with Crippen molar-refractivity contribution in [2.45, 2.75) is 11.3 Å². The number of nitrogens with two attached hydrogens (primary N) is 1. The highest BCUT2D eigenvalue weighted by molar-refractivity contribution is 9.10. The van der Waals surface area contributed by atoms with Gasteiger partial charge in [-0.2, -0.15) is 0 Å². The quantitative estimate of drug-likeness (QED) is 0.324. The van der Waals surface area contributed by atoms with Gasteiger partial charge in [-0.05, 0) is 18.2 Å². The number of hydrogen-bond donors (Lipinski definition) is 3. The lowest BCUT2D eigenvalue weighted by molar-refractivity contribution is 0.317. The average molecular weight is 322 g/mol. The van der Waals surface area contributed by atoms with E-state index in [1.54, 1.807) is 12.1 Å². The van der Waals surface area contributed by atoms with Crippen molar-refractivity contribution >= 4 is 31.8 Å². The first-order chi connectivity index (χ1) is 7.95. The summed E-state index contributed by atoms with van der Waals surface area (Å²) in [6, 6.07) is 6.33. The van der Waals surface area contributed by atoms with Crippen LogP contribution in [0, 0.1) is 0 Å². The highest BCUT2D eigenvalue weighted by atomic mass is 79.9. The maximum Gasteiger partial charge on any atom is 0.240 e. The molecule has 1 aromatic carbocycles. The molecule has 0 saturated heterocycles. The molecule has 4 N–H and O–H groups in total. The molecule has 0 unspecified atom stereocenters. The molecule has 1 rings (SSSR count). The predicted octanol–water partition coefficient (Wildman–Crippen LogP) is 0.864. The van der Waals surface area contributed by atoms with Crippen LogP contribution in [0.15, 0.2) is 38.8 Å². The molecular formula is C9H12BrN3O3S. The van der Waals surface area contributed by atoms with Crippen LogP contribution in [0.1, 0.15) is 6.42 Å². The smallest absolute Gasteiger partial charge is 0.240 e. The second-order valence-electron chi connectivity index (χ2n) is 3.20. The Balaban J connectivity index is 2.70. The maximum atomic E-state index is 11.8. The van der Waals surface area contributed by atoms with Crippen LogP contribution in [0.4, 0.5) is 0 Å². The van der Waals surface area contributed by atoms with Crippen LogP contribution < -0.4 is 10.5 Å². The fraction of sp³-hybridized carbons (Fsp3) is 0.222. The number of nitrogens with one attached hydrogen (secondary N) is 1. The molecule has 6 nitrogen and oxygen atoms in total. The third-order valence-electron chi connectivity index (χ3n) is 1.91. The van der Waals surface area contributed by atoms with E-state index in [1.807, 2.05) is 0 Å². The molecule has 0 heterocycles. The van der Waals surface area contributed by atoms with Gasteiger partial charge >= 0.3 is 0 Å². The molecule has 0 aliphatic heterocycles. The summed E-state index contributed by atoms with van der Waals surface area (Å²) in [6.45, 7) is 0.0741. The highest BCUT2D eigenvalue weighted by Gasteiger charge is 2.13. The van der Waals surface area contributed by atoms with Crippen molar-refractivity contribution in [2.75, 3.05) is 6.54 Å². The number of nitrogens with zero attached hydrogens (tertiary/aromatic N) is 1. The van der Waals surface area contributed by atoms with Crippen LogP contribution >= 0.6 is 15.9 Å². The van der Waals surface area contributed by atoms with Gasteiger partial charge < -0.3 is 10.9 Å². The van der Waals surface area contributed by atoms with Crippen molar-refractivity contribution in [2.24, 2.45) is 10.9 Å². The minimum atomic E-state index is -3.56. The van der Waals surface area contributed by atoms with Crippen LogP contribution in [0.25, 0.3) is 0 Å². The van der Waals surface area contributed by atoms with Gasteiger partial charge in [-0.3, -0.25) is 0 Å². The van der Waals surface area contributed by atoms with Crippen LogP contribution in [-0.2, 0) is 10.0 Å². The maximum absolute atomic E-state index is 11.8. The lowest BCUT2D eigenvalue weighted by Gasteiger charge is -2.06. The Kier molecular flexibility index (Phi) is 4.91. The molecule has 1 aromatic rings. The van der Waals surface area contributed by atoms with Crippen LogP contribution in [-0.4, -0.2) is 26.0 Å². The normalized spacial score (nSPS) is 12.6. The third kappa shape index (κ3) is 4.33. The van der Waals surface area contributed by atoms with E-state index in [1.165, 1.54) is 12.1 Å². The Morgan fingerprint density at radius 3 is 2.82 bits per heavy atom. The predicted molar refractivity (Wildman–Crippen MR) is 67.4 cm³/mol. The number of rotatable bonds is 5.